The van der Waals surface area contributed by atoms with Crippen molar-refractivity contribution in [1.29, 1.82) is 0 Å². The number of amides is 1. The van der Waals surface area contributed by atoms with Gasteiger partial charge in [-0.25, -0.2) is 0 Å². The predicted octanol–water partition coefficient (Wildman–Crippen LogP) is 1.10. The van der Waals surface area contributed by atoms with Crippen molar-refractivity contribution in [2.45, 2.75) is 26.4 Å². The van der Waals surface area contributed by atoms with Crippen molar-refractivity contribution >= 4 is 5.91 Å². The van der Waals surface area contributed by atoms with Crippen LogP contribution in [-0.4, -0.2) is 30.9 Å². The average Bonchev–Trinajstić information content (AvgIpc) is 2.38. The fourth-order valence-electron chi connectivity index (χ4n) is 1.75. The SMILES string of the molecule is CCNC(=O)CCN(C)Cc1ccc(CN)cc1. The molecule has 0 bridgehead atoms. The van der Waals surface area contributed by atoms with Crippen LogP contribution < -0.4 is 11.1 Å². The lowest BCUT2D eigenvalue weighted by Crippen LogP contribution is -2.28. The van der Waals surface area contributed by atoms with Gasteiger partial charge in [0.05, 0.1) is 0 Å². The molecule has 18 heavy (non-hydrogen) atoms. The monoisotopic (exact) mass is 249 g/mol. The Morgan fingerprint density at radius 3 is 2.44 bits per heavy atom. The van der Waals surface area contributed by atoms with Gasteiger partial charge in [-0.1, -0.05) is 24.3 Å². The second-order valence-corrected chi connectivity index (χ2v) is 4.46. The number of benzene rings is 1. The van der Waals surface area contributed by atoms with Crippen molar-refractivity contribution in [2.24, 2.45) is 5.73 Å². The fraction of sp³-hybridized carbons (Fsp3) is 0.500. The third kappa shape index (κ3) is 5.29. The van der Waals surface area contributed by atoms with Gasteiger partial charge in [0, 0.05) is 32.6 Å². The van der Waals surface area contributed by atoms with E-state index in [4.69, 9.17) is 5.73 Å². The van der Waals surface area contributed by atoms with E-state index in [0.29, 0.717) is 19.5 Å². The third-order valence-electron chi connectivity index (χ3n) is 2.81. The normalized spacial score (nSPS) is 10.7. The Hall–Kier alpha value is -1.39. The maximum Gasteiger partial charge on any atom is 0.221 e. The molecule has 0 aromatic heterocycles. The van der Waals surface area contributed by atoms with E-state index in [9.17, 15) is 4.79 Å². The molecule has 3 N–H and O–H groups in total. The predicted molar refractivity (Wildman–Crippen MR) is 74.0 cm³/mol. The summed E-state index contributed by atoms with van der Waals surface area (Å²) in [7, 11) is 2.02. The summed E-state index contributed by atoms with van der Waals surface area (Å²) in [6.07, 6.45) is 0.547. The van der Waals surface area contributed by atoms with E-state index in [1.54, 1.807) is 0 Å². The molecule has 0 aliphatic rings. The standard InChI is InChI=1S/C14H23N3O/c1-3-16-14(18)8-9-17(2)11-13-6-4-12(10-15)5-7-13/h4-7H,3,8-11,15H2,1-2H3,(H,16,18). The van der Waals surface area contributed by atoms with Crippen LogP contribution >= 0.6 is 0 Å². The summed E-state index contributed by atoms with van der Waals surface area (Å²) in [5.41, 5.74) is 7.94. The van der Waals surface area contributed by atoms with Gasteiger partial charge in [0.15, 0.2) is 0 Å². The lowest BCUT2D eigenvalue weighted by molar-refractivity contribution is -0.121. The number of nitrogens with one attached hydrogen (secondary N) is 1. The molecule has 100 valence electrons. The maximum absolute atomic E-state index is 11.3. The molecule has 0 saturated heterocycles. The molecule has 1 aromatic carbocycles. The zero-order chi connectivity index (χ0) is 13.4. The molecule has 0 aliphatic heterocycles. The van der Waals surface area contributed by atoms with Crippen LogP contribution in [0.3, 0.4) is 0 Å². The first kappa shape index (κ1) is 14.7. The summed E-state index contributed by atoms with van der Waals surface area (Å²) < 4.78 is 0. The van der Waals surface area contributed by atoms with E-state index in [1.165, 1.54) is 5.56 Å². The minimum atomic E-state index is 0.114. The van der Waals surface area contributed by atoms with E-state index in [0.717, 1.165) is 18.7 Å². The maximum atomic E-state index is 11.3. The van der Waals surface area contributed by atoms with Crippen LogP contribution in [0.1, 0.15) is 24.5 Å². The van der Waals surface area contributed by atoms with Crippen molar-refractivity contribution in [2.75, 3.05) is 20.1 Å². The summed E-state index contributed by atoms with van der Waals surface area (Å²) >= 11 is 0. The Balaban J connectivity index is 2.34. The summed E-state index contributed by atoms with van der Waals surface area (Å²) in [5, 5.41) is 2.80. The second-order valence-electron chi connectivity index (χ2n) is 4.46. The van der Waals surface area contributed by atoms with Gasteiger partial charge < -0.3 is 16.0 Å². The number of nitrogens with two attached hydrogens (primary N) is 1. The molecule has 0 heterocycles. The largest absolute Gasteiger partial charge is 0.356 e. The van der Waals surface area contributed by atoms with Gasteiger partial charge in [-0.2, -0.15) is 0 Å². The number of carbonyl (C=O) groups excluding carboxylic acids is 1. The van der Waals surface area contributed by atoms with E-state index in [2.05, 4.69) is 22.3 Å². The van der Waals surface area contributed by atoms with Gasteiger partial charge >= 0.3 is 0 Å². The van der Waals surface area contributed by atoms with Crippen molar-refractivity contribution in [1.82, 2.24) is 10.2 Å². The zero-order valence-electron chi connectivity index (χ0n) is 11.3. The van der Waals surface area contributed by atoms with Crippen LogP contribution in [0, 0.1) is 0 Å². The van der Waals surface area contributed by atoms with Crippen LogP contribution in [0.15, 0.2) is 24.3 Å². The summed E-state index contributed by atoms with van der Waals surface area (Å²) in [4.78, 5) is 13.5. The van der Waals surface area contributed by atoms with Gasteiger partial charge in [-0.05, 0) is 25.1 Å². The van der Waals surface area contributed by atoms with Crippen LogP contribution in [0.25, 0.3) is 0 Å². The molecule has 0 unspecified atom stereocenters. The zero-order valence-corrected chi connectivity index (χ0v) is 11.3. The number of hydrogen-bond donors (Lipinski definition) is 2. The molecule has 4 nitrogen and oxygen atoms in total. The molecule has 1 rings (SSSR count). The molecule has 1 amide bonds. The first-order chi connectivity index (χ1) is 8.65. The van der Waals surface area contributed by atoms with Crippen molar-refractivity contribution in [3.8, 4) is 0 Å². The number of carbonyl (C=O) groups is 1. The summed E-state index contributed by atoms with van der Waals surface area (Å²) in [5.74, 6) is 0.114. The van der Waals surface area contributed by atoms with Crippen molar-refractivity contribution in [3.63, 3.8) is 0 Å². The summed E-state index contributed by atoms with van der Waals surface area (Å²) in [6, 6.07) is 8.27. The lowest BCUT2D eigenvalue weighted by atomic mass is 10.1. The molecule has 0 spiro atoms. The molecule has 0 aliphatic carbocycles. The van der Waals surface area contributed by atoms with Crippen LogP contribution in [0.2, 0.25) is 0 Å². The Labute approximate surface area is 109 Å². The topological polar surface area (TPSA) is 58.4 Å². The van der Waals surface area contributed by atoms with E-state index in [-0.39, 0.29) is 5.91 Å². The lowest BCUT2D eigenvalue weighted by Gasteiger charge is -2.16. The van der Waals surface area contributed by atoms with Crippen molar-refractivity contribution in [3.05, 3.63) is 35.4 Å². The molecule has 0 atom stereocenters. The van der Waals surface area contributed by atoms with E-state index < -0.39 is 0 Å². The second kappa shape index (κ2) is 7.84. The first-order valence-corrected chi connectivity index (χ1v) is 6.38. The first-order valence-electron chi connectivity index (χ1n) is 6.38. The average molecular weight is 249 g/mol. The van der Waals surface area contributed by atoms with E-state index >= 15 is 0 Å². The Morgan fingerprint density at radius 2 is 1.89 bits per heavy atom. The van der Waals surface area contributed by atoms with Gasteiger partial charge in [-0.3, -0.25) is 4.79 Å². The molecule has 4 heteroatoms. The number of rotatable bonds is 7. The van der Waals surface area contributed by atoms with Crippen LogP contribution in [-0.2, 0) is 17.9 Å². The van der Waals surface area contributed by atoms with Gasteiger partial charge in [-0.15, -0.1) is 0 Å². The van der Waals surface area contributed by atoms with Gasteiger partial charge in [0.1, 0.15) is 0 Å². The molecular weight excluding hydrogens is 226 g/mol. The Kier molecular flexibility index (Phi) is 6.39. The molecular formula is C14H23N3O. The minimum Gasteiger partial charge on any atom is -0.356 e. The fourth-order valence-corrected chi connectivity index (χ4v) is 1.75. The Morgan fingerprint density at radius 1 is 1.28 bits per heavy atom. The highest BCUT2D eigenvalue weighted by Gasteiger charge is 2.04. The minimum absolute atomic E-state index is 0.114. The molecule has 0 fully saturated rings. The number of nitrogens with zero attached hydrogens (tertiary/aromatic N) is 1. The smallest absolute Gasteiger partial charge is 0.221 e. The van der Waals surface area contributed by atoms with Crippen LogP contribution in [0.4, 0.5) is 0 Å². The Bertz CT molecular complexity index is 362. The van der Waals surface area contributed by atoms with Crippen molar-refractivity contribution < 1.29 is 4.79 Å². The number of hydrogen-bond acceptors (Lipinski definition) is 3. The molecule has 0 saturated carbocycles. The highest BCUT2D eigenvalue weighted by atomic mass is 16.1. The quantitative estimate of drug-likeness (QED) is 0.761. The molecule has 1 aromatic rings. The highest BCUT2D eigenvalue weighted by Crippen LogP contribution is 2.06. The van der Waals surface area contributed by atoms with E-state index in [1.807, 2.05) is 26.1 Å². The molecule has 0 radical (unpaired) electrons. The third-order valence-corrected chi connectivity index (χ3v) is 2.81. The highest BCUT2D eigenvalue weighted by molar-refractivity contribution is 5.75. The van der Waals surface area contributed by atoms with Gasteiger partial charge in [0.25, 0.3) is 0 Å². The van der Waals surface area contributed by atoms with Gasteiger partial charge in [0.2, 0.25) is 5.91 Å². The summed E-state index contributed by atoms with van der Waals surface area (Å²) in [6.45, 7) is 4.83. The van der Waals surface area contributed by atoms with Crippen LogP contribution in [0.5, 0.6) is 0 Å².